The molecule has 0 aromatic carbocycles. The first-order valence-electron chi connectivity index (χ1n) is 4.48. The Morgan fingerprint density at radius 2 is 2.47 bits per heavy atom. The predicted molar refractivity (Wildman–Crippen MR) is 60.3 cm³/mol. The molecule has 2 rings (SSSR count). The van der Waals surface area contributed by atoms with E-state index in [-0.39, 0.29) is 21.2 Å². The van der Waals surface area contributed by atoms with Crippen LogP contribution in [0.2, 0.25) is 0 Å². The Morgan fingerprint density at radius 3 is 3.07 bits per heavy atom. The number of nitrogens with one attached hydrogen (secondary N) is 1. The molecule has 5 heteroatoms. The fourth-order valence-electron chi connectivity index (χ4n) is 1.17. The molecule has 0 aliphatic carbocycles. The molecule has 2 aromatic rings. The fourth-order valence-corrected chi connectivity index (χ4v) is 2.86. The summed E-state index contributed by atoms with van der Waals surface area (Å²) < 4.78 is 1.72. The summed E-state index contributed by atoms with van der Waals surface area (Å²) in [5.41, 5.74) is 1.92. The van der Waals surface area contributed by atoms with E-state index in [0.29, 0.717) is 0 Å². The summed E-state index contributed by atoms with van der Waals surface area (Å²) in [6, 6.07) is 3.87. The zero-order chi connectivity index (χ0) is 10.7. The summed E-state index contributed by atoms with van der Waals surface area (Å²) in [5.74, 6) is 0. The number of hydrogen-bond acceptors (Lipinski definition) is 2. The Labute approximate surface area is 93.4 Å². The molecule has 15 heavy (non-hydrogen) atoms. The van der Waals surface area contributed by atoms with E-state index in [1.54, 1.807) is 15.9 Å². The molecule has 0 spiro atoms. The van der Waals surface area contributed by atoms with Crippen LogP contribution in [-0.4, -0.2) is 33.8 Å². The Morgan fingerprint density at radius 1 is 1.60 bits per heavy atom. The Hall–Kier alpha value is -1.41. The van der Waals surface area contributed by atoms with Crippen molar-refractivity contribution in [2.24, 2.45) is 0 Å². The number of pyridine rings is 1. The van der Waals surface area contributed by atoms with E-state index >= 15 is 0 Å². The van der Waals surface area contributed by atoms with Crippen molar-refractivity contribution < 1.29 is 0 Å². The molecule has 0 saturated heterocycles. The van der Waals surface area contributed by atoms with E-state index in [4.69, 9.17) is 0 Å². The summed E-state index contributed by atoms with van der Waals surface area (Å²) in [5, 5.41) is 0. The summed E-state index contributed by atoms with van der Waals surface area (Å²) in [6.45, 7) is 1.88. The predicted octanol–water partition coefficient (Wildman–Crippen LogP) is 0.198. The maximum absolute atomic E-state index is 11.4. The van der Waals surface area contributed by atoms with Crippen LogP contribution in [0.4, 0.5) is 0 Å². The minimum atomic E-state index is -0.296. The third-order valence-corrected chi connectivity index (χ3v) is 3.86. The molecule has 0 fully saturated rings. The second-order valence-corrected chi connectivity index (χ2v) is 5.05. The quantitative estimate of drug-likeness (QED) is 0.787. The van der Waals surface area contributed by atoms with Gasteiger partial charge in [0.15, 0.2) is 0 Å². The molecule has 0 amide bonds. The Balaban J connectivity index is 2.26. The molecule has 0 saturated carbocycles. The average molecular weight is 263 g/mol. The Kier molecular flexibility index (Phi) is 2.97. The van der Waals surface area contributed by atoms with Gasteiger partial charge in [-0.1, -0.05) is 0 Å². The second kappa shape index (κ2) is 4.41. The fraction of sp³-hybridized carbons (Fsp3) is 0.100. The van der Waals surface area contributed by atoms with Crippen LogP contribution < -0.4 is 5.69 Å². The molecule has 0 aliphatic rings. The number of imidazole rings is 1. The van der Waals surface area contributed by atoms with Crippen LogP contribution in [0.1, 0.15) is 11.3 Å². The monoisotopic (exact) mass is 263 g/mol. The molecule has 0 unspecified atom stereocenters. The molecule has 0 aliphatic heterocycles. The zero-order valence-corrected chi connectivity index (χ0v) is 10.1. The van der Waals surface area contributed by atoms with Gasteiger partial charge in [0.05, 0.1) is 0 Å². The van der Waals surface area contributed by atoms with Gasteiger partial charge in [0, 0.05) is 0 Å². The number of aryl methyl sites for hydroxylation is 1. The van der Waals surface area contributed by atoms with E-state index in [9.17, 15) is 4.79 Å². The van der Waals surface area contributed by atoms with E-state index in [1.165, 1.54) is 0 Å². The van der Waals surface area contributed by atoms with Crippen molar-refractivity contribution in [3.63, 3.8) is 0 Å². The van der Waals surface area contributed by atoms with E-state index in [1.807, 2.05) is 25.3 Å². The topological polar surface area (TPSA) is 50.7 Å². The molecule has 2 aromatic heterocycles. The van der Waals surface area contributed by atoms with Crippen LogP contribution in [0.25, 0.3) is 0 Å². The van der Waals surface area contributed by atoms with Gasteiger partial charge in [-0.05, 0) is 0 Å². The van der Waals surface area contributed by atoms with Gasteiger partial charge >= 0.3 is 93.2 Å². The van der Waals surface area contributed by atoms with Gasteiger partial charge in [-0.2, -0.15) is 0 Å². The van der Waals surface area contributed by atoms with Gasteiger partial charge in [0.25, 0.3) is 0 Å². The Bertz CT molecular complexity index is 527. The van der Waals surface area contributed by atoms with Gasteiger partial charge in [0.2, 0.25) is 0 Å². The van der Waals surface area contributed by atoms with Crippen molar-refractivity contribution in [1.29, 1.82) is 0 Å². The summed E-state index contributed by atoms with van der Waals surface area (Å²) in [4.78, 5) is 20.2. The first-order chi connectivity index (χ1) is 7.25. The van der Waals surface area contributed by atoms with Crippen LogP contribution in [0.3, 0.4) is 0 Å². The van der Waals surface area contributed by atoms with E-state index < -0.39 is 0 Å². The van der Waals surface area contributed by atoms with E-state index in [0.717, 1.165) is 11.3 Å². The molecular weight excluding hydrogens is 253 g/mol. The first kappa shape index (κ1) is 10.1. The molecule has 76 valence electrons. The van der Waals surface area contributed by atoms with Crippen molar-refractivity contribution in [2.45, 2.75) is 6.92 Å². The standard InChI is InChI=1S/C10H10AsN3O/c1-8-7-14(10(15)13-8)11-5-9-3-2-4-12-6-9/h2-7H,1H3,(H,13,15). The first-order valence-corrected chi connectivity index (χ1v) is 6.40. The maximum atomic E-state index is 11.4. The van der Waals surface area contributed by atoms with Crippen LogP contribution in [0.15, 0.2) is 35.5 Å². The normalized spacial score (nSPS) is 11.0. The van der Waals surface area contributed by atoms with Gasteiger partial charge in [-0.3, -0.25) is 0 Å². The van der Waals surface area contributed by atoms with Crippen molar-refractivity contribution in [2.75, 3.05) is 0 Å². The third-order valence-electron chi connectivity index (χ3n) is 1.84. The third kappa shape index (κ3) is 2.54. The van der Waals surface area contributed by atoms with Crippen LogP contribution in [0.5, 0.6) is 0 Å². The van der Waals surface area contributed by atoms with Gasteiger partial charge in [0.1, 0.15) is 0 Å². The molecule has 4 nitrogen and oxygen atoms in total. The summed E-state index contributed by atoms with van der Waals surface area (Å²) in [6.07, 6.45) is 5.37. The van der Waals surface area contributed by atoms with Crippen LogP contribution >= 0.6 is 0 Å². The molecule has 0 bridgehead atoms. The van der Waals surface area contributed by atoms with Gasteiger partial charge in [-0.15, -0.1) is 0 Å². The number of aromatic nitrogens is 3. The number of aromatic amines is 1. The van der Waals surface area contributed by atoms with Crippen molar-refractivity contribution in [3.05, 3.63) is 52.5 Å². The molecule has 0 atom stereocenters. The summed E-state index contributed by atoms with van der Waals surface area (Å²) in [7, 11) is 0. The minimum absolute atomic E-state index is 0.0346. The molecule has 2 heterocycles. The van der Waals surface area contributed by atoms with Crippen molar-refractivity contribution >= 4 is 20.3 Å². The molecule has 1 N–H and O–H groups in total. The SMILES string of the molecule is Cc1cn(/[As]=C/c2cccnc2)c(=O)[nH]1. The number of H-pyrrole nitrogens is 1. The van der Waals surface area contributed by atoms with Gasteiger partial charge in [-0.25, -0.2) is 0 Å². The number of hydrogen-bond donors (Lipinski definition) is 1. The van der Waals surface area contributed by atoms with Crippen molar-refractivity contribution in [1.82, 2.24) is 13.5 Å². The number of nitrogens with zero attached hydrogens (tertiary/aromatic N) is 2. The number of rotatable bonds is 2. The molecular formula is C10H10AsN3O. The zero-order valence-electron chi connectivity index (χ0n) is 8.21. The van der Waals surface area contributed by atoms with Gasteiger partial charge < -0.3 is 0 Å². The van der Waals surface area contributed by atoms with Crippen molar-refractivity contribution in [3.8, 4) is 0 Å². The van der Waals surface area contributed by atoms with Crippen LogP contribution in [0, 0.1) is 6.92 Å². The molecule has 0 radical (unpaired) electrons. The second-order valence-electron chi connectivity index (χ2n) is 3.12. The average Bonchev–Trinajstić information content (AvgIpc) is 2.56. The summed E-state index contributed by atoms with van der Waals surface area (Å²) >= 11 is -0.296. The van der Waals surface area contributed by atoms with Crippen LogP contribution in [-0.2, 0) is 0 Å². The van der Waals surface area contributed by atoms with E-state index in [2.05, 4.69) is 14.8 Å².